The maximum Gasteiger partial charge on any atom is 0.275 e. The first kappa shape index (κ1) is 25.5. The number of ether oxygens (including phenoxy) is 2. The molecule has 0 atom stereocenters. The molecular formula is C27H21ClFN3O5. The van der Waals surface area contributed by atoms with Gasteiger partial charge in [-0.3, -0.25) is 9.59 Å². The summed E-state index contributed by atoms with van der Waals surface area (Å²) < 4.78 is 23.9. The number of carbonyl (C=O) groups excluding carboxylic acids is 2. The van der Waals surface area contributed by atoms with Crippen molar-refractivity contribution < 1.29 is 28.6 Å². The molecule has 4 aromatic rings. The monoisotopic (exact) mass is 521 g/mol. The van der Waals surface area contributed by atoms with E-state index in [0.717, 1.165) is 10.8 Å². The summed E-state index contributed by atoms with van der Waals surface area (Å²) in [5, 5.41) is 18.5. The number of phenolic OH excluding ortho intramolecular Hbond substituents is 1. The van der Waals surface area contributed by atoms with Crippen LogP contribution in [-0.4, -0.2) is 36.9 Å². The number of hydrazone groups is 1. The third-order valence-corrected chi connectivity index (χ3v) is 5.50. The van der Waals surface area contributed by atoms with Crippen LogP contribution in [0.5, 0.6) is 17.2 Å². The number of amides is 2. The van der Waals surface area contributed by atoms with E-state index in [0.29, 0.717) is 11.3 Å². The summed E-state index contributed by atoms with van der Waals surface area (Å²) in [6.07, 6.45) is 1.34. The lowest BCUT2D eigenvalue weighted by molar-refractivity contribution is -0.118. The summed E-state index contributed by atoms with van der Waals surface area (Å²) in [6, 6.07) is 18.8. The van der Waals surface area contributed by atoms with Crippen LogP contribution in [0.2, 0.25) is 5.02 Å². The number of phenols is 1. The zero-order valence-corrected chi connectivity index (χ0v) is 20.3. The molecule has 10 heteroatoms. The molecule has 0 aliphatic carbocycles. The van der Waals surface area contributed by atoms with Crippen molar-refractivity contribution in [3.8, 4) is 17.2 Å². The van der Waals surface area contributed by atoms with Gasteiger partial charge >= 0.3 is 0 Å². The average Bonchev–Trinajstić information content (AvgIpc) is 2.88. The molecular weight excluding hydrogens is 501 g/mol. The van der Waals surface area contributed by atoms with E-state index in [2.05, 4.69) is 15.8 Å². The van der Waals surface area contributed by atoms with Gasteiger partial charge in [0.25, 0.3) is 11.8 Å². The number of carbonyl (C=O) groups is 2. The van der Waals surface area contributed by atoms with E-state index < -0.39 is 17.6 Å². The Balaban J connectivity index is 1.40. The Morgan fingerprint density at radius 2 is 1.76 bits per heavy atom. The smallest absolute Gasteiger partial charge is 0.275 e. The van der Waals surface area contributed by atoms with Crippen molar-refractivity contribution in [1.82, 2.24) is 5.43 Å². The molecule has 3 N–H and O–H groups in total. The second-order valence-electron chi connectivity index (χ2n) is 7.79. The van der Waals surface area contributed by atoms with Gasteiger partial charge in [0.1, 0.15) is 11.6 Å². The van der Waals surface area contributed by atoms with Gasteiger partial charge in [0.05, 0.1) is 23.9 Å². The number of nitrogens with zero attached hydrogens (tertiary/aromatic N) is 1. The first-order chi connectivity index (χ1) is 17.8. The molecule has 0 aromatic heterocycles. The molecule has 0 radical (unpaired) electrons. The molecule has 0 saturated heterocycles. The van der Waals surface area contributed by atoms with E-state index in [1.165, 1.54) is 49.7 Å². The SMILES string of the molecule is COc1cc(C=NNC(=O)c2cc3ccccc3cc2O)cc(Cl)c1OCC(=O)Nc1ccc(F)cc1. The van der Waals surface area contributed by atoms with Crippen LogP contribution in [0.3, 0.4) is 0 Å². The van der Waals surface area contributed by atoms with E-state index in [1.54, 1.807) is 12.1 Å². The fraction of sp³-hybridized carbons (Fsp3) is 0.0741. The maximum absolute atomic E-state index is 13.0. The normalized spacial score (nSPS) is 10.9. The zero-order valence-electron chi connectivity index (χ0n) is 19.5. The van der Waals surface area contributed by atoms with E-state index >= 15 is 0 Å². The lowest BCUT2D eigenvalue weighted by atomic mass is 10.1. The Hall–Kier alpha value is -4.63. The summed E-state index contributed by atoms with van der Waals surface area (Å²) in [5.41, 5.74) is 3.34. The van der Waals surface area contributed by atoms with E-state index in [9.17, 15) is 19.1 Å². The van der Waals surface area contributed by atoms with Gasteiger partial charge in [0.15, 0.2) is 18.1 Å². The molecule has 188 valence electrons. The summed E-state index contributed by atoms with van der Waals surface area (Å²) in [5.74, 6) is -1.27. The van der Waals surface area contributed by atoms with Gasteiger partial charge in [-0.25, -0.2) is 9.82 Å². The predicted octanol–water partition coefficient (Wildman–Crippen LogP) is 5.13. The molecule has 0 fully saturated rings. The molecule has 2 amide bonds. The van der Waals surface area contributed by atoms with E-state index in [-0.39, 0.29) is 34.4 Å². The molecule has 0 unspecified atom stereocenters. The summed E-state index contributed by atoms with van der Waals surface area (Å²) >= 11 is 6.33. The molecule has 0 spiro atoms. The molecule has 0 aliphatic heterocycles. The predicted molar refractivity (Wildman–Crippen MR) is 139 cm³/mol. The Labute approximate surface area is 216 Å². The van der Waals surface area contributed by atoms with Crippen molar-refractivity contribution in [2.75, 3.05) is 19.0 Å². The Kier molecular flexibility index (Phi) is 7.85. The summed E-state index contributed by atoms with van der Waals surface area (Å²) in [6.45, 7) is -0.369. The molecule has 8 nitrogen and oxygen atoms in total. The second kappa shape index (κ2) is 11.4. The van der Waals surface area contributed by atoms with Crippen LogP contribution < -0.4 is 20.2 Å². The highest BCUT2D eigenvalue weighted by Gasteiger charge is 2.15. The van der Waals surface area contributed by atoms with Crippen LogP contribution >= 0.6 is 11.6 Å². The Morgan fingerprint density at radius 1 is 1.05 bits per heavy atom. The van der Waals surface area contributed by atoms with Crippen LogP contribution in [0.1, 0.15) is 15.9 Å². The van der Waals surface area contributed by atoms with Gasteiger partial charge in [0, 0.05) is 5.69 Å². The number of benzene rings is 4. The van der Waals surface area contributed by atoms with Crippen molar-refractivity contribution in [3.63, 3.8) is 0 Å². The number of methoxy groups -OCH3 is 1. The van der Waals surface area contributed by atoms with Crippen molar-refractivity contribution >= 4 is 46.1 Å². The van der Waals surface area contributed by atoms with Gasteiger partial charge in [-0.15, -0.1) is 0 Å². The number of anilines is 1. The largest absolute Gasteiger partial charge is 0.507 e. The van der Waals surface area contributed by atoms with Gasteiger partial charge in [-0.05, 0) is 64.9 Å². The lowest BCUT2D eigenvalue weighted by Crippen LogP contribution is -2.20. The minimum Gasteiger partial charge on any atom is -0.507 e. The average molecular weight is 522 g/mol. The number of rotatable bonds is 8. The number of nitrogens with one attached hydrogen (secondary N) is 2. The maximum atomic E-state index is 13.0. The van der Waals surface area contributed by atoms with Crippen molar-refractivity contribution in [2.24, 2.45) is 5.10 Å². The molecule has 0 heterocycles. The van der Waals surface area contributed by atoms with Crippen LogP contribution in [0.25, 0.3) is 10.8 Å². The Bertz CT molecular complexity index is 1490. The summed E-state index contributed by atoms with van der Waals surface area (Å²) in [4.78, 5) is 24.7. The fourth-order valence-electron chi connectivity index (χ4n) is 3.46. The number of halogens is 2. The quantitative estimate of drug-likeness (QED) is 0.220. The topological polar surface area (TPSA) is 109 Å². The highest BCUT2D eigenvalue weighted by atomic mass is 35.5. The second-order valence-corrected chi connectivity index (χ2v) is 8.20. The number of fused-ring (bicyclic) bond motifs is 1. The molecule has 0 bridgehead atoms. The number of aromatic hydroxyl groups is 1. The minimum atomic E-state index is -0.593. The van der Waals surface area contributed by atoms with E-state index in [4.69, 9.17) is 21.1 Å². The molecule has 4 aromatic carbocycles. The first-order valence-electron chi connectivity index (χ1n) is 10.9. The van der Waals surface area contributed by atoms with Gasteiger partial charge in [-0.1, -0.05) is 35.9 Å². The van der Waals surface area contributed by atoms with Gasteiger partial charge in [-0.2, -0.15) is 5.10 Å². The number of hydrogen-bond acceptors (Lipinski definition) is 6. The molecule has 4 rings (SSSR count). The minimum absolute atomic E-state index is 0.0779. The standard InChI is InChI=1S/C27H21ClFN3O5/c1-36-24-11-16(10-22(28)26(24)37-15-25(34)31-20-8-6-19(29)7-9-20)14-30-32-27(35)21-12-17-4-2-3-5-18(17)13-23(21)33/h2-14,33H,15H2,1H3,(H,31,34)(H,32,35). The summed E-state index contributed by atoms with van der Waals surface area (Å²) in [7, 11) is 1.41. The van der Waals surface area contributed by atoms with Crippen LogP contribution in [0.4, 0.5) is 10.1 Å². The lowest BCUT2D eigenvalue weighted by Gasteiger charge is -2.13. The van der Waals surface area contributed by atoms with Crippen molar-refractivity contribution in [3.05, 3.63) is 94.8 Å². The zero-order chi connectivity index (χ0) is 26.4. The third kappa shape index (κ3) is 6.33. The first-order valence-corrected chi connectivity index (χ1v) is 11.3. The highest BCUT2D eigenvalue weighted by Crippen LogP contribution is 2.36. The van der Waals surface area contributed by atoms with Gasteiger partial charge in [0.2, 0.25) is 0 Å². The van der Waals surface area contributed by atoms with Crippen molar-refractivity contribution in [2.45, 2.75) is 0 Å². The molecule has 37 heavy (non-hydrogen) atoms. The fourth-order valence-corrected chi connectivity index (χ4v) is 3.73. The van der Waals surface area contributed by atoms with Gasteiger partial charge < -0.3 is 19.9 Å². The van der Waals surface area contributed by atoms with Crippen LogP contribution in [0.15, 0.2) is 77.9 Å². The van der Waals surface area contributed by atoms with Crippen molar-refractivity contribution in [1.29, 1.82) is 0 Å². The van der Waals surface area contributed by atoms with Crippen LogP contribution in [0, 0.1) is 5.82 Å². The number of hydrogen-bond donors (Lipinski definition) is 3. The third-order valence-electron chi connectivity index (χ3n) is 5.22. The van der Waals surface area contributed by atoms with E-state index in [1.807, 2.05) is 24.3 Å². The molecule has 0 saturated carbocycles. The highest BCUT2D eigenvalue weighted by molar-refractivity contribution is 6.32. The Morgan fingerprint density at radius 3 is 2.46 bits per heavy atom. The molecule has 0 aliphatic rings. The van der Waals surface area contributed by atoms with Crippen LogP contribution in [-0.2, 0) is 4.79 Å².